The maximum Gasteiger partial charge on any atom is 0.0671 e. The molecule has 0 spiro atoms. The van der Waals surface area contributed by atoms with Gasteiger partial charge in [-0.25, -0.2) is 0 Å². The highest BCUT2D eigenvalue weighted by molar-refractivity contribution is 4.76. The molecule has 0 aliphatic heterocycles. The molecule has 14 heavy (non-hydrogen) atoms. The van der Waals surface area contributed by atoms with Gasteiger partial charge >= 0.3 is 0 Å². The molecule has 1 N–H and O–H groups in total. The first-order valence-corrected chi connectivity index (χ1v) is 5.88. The standard InChI is InChI=1S/C12H27NO/c1-6-8-9-14-11(3)10-13-12(4,5)7-2/h11,13H,6-10H2,1-5H3. The van der Waals surface area contributed by atoms with E-state index in [4.69, 9.17) is 4.74 Å². The summed E-state index contributed by atoms with van der Waals surface area (Å²) >= 11 is 0. The number of rotatable bonds is 8. The van der Waals surface area contributed by atoms with E-state index in [1.165, 1.54) is 12.8 Å². The molecule has 0 aliphatic rings. The quantitative estimate of drug-likeness (QED) is 0.610. The van der Waals surface area contributed by atoms with E-state index in [1.54, 1.807) is 0 Å². The van der Waals surface area contributed by atoms with E-state index in [2.05, 4.69) is 39.9 Å². The molecule has 2 heteroatoms. The molecular weight excluding hydrogens is 174 g/mol. The van der Waals surface area contributed by atoms with Crippen molar-refractivity contribution in [3.63, 3.8) is 0 Å². The molecule has 0 bridgehead atoms. The Bertz CT molecular complexity index is 134. The Morgan fingerprint density at radius 1 is 1.29 bits per heavy atom. The minimum Gasteiger partial charge on any atom is -0.377 e. The monoisotopic (exact) mass is 201 g/mol. The van der Waals surface area contributed by atoms with Crippen molar-refractivity contribution in [1.29, 1.82) is 0 Å². The summed E-state index contributed by atoms with van der Waals surface area (Å²) in [5, 5.41) is 3.51. The Balaban J connectivity index is 3.48. The van der Waals surface area contributed by atoms with Gasteiger partial charge in [0.05, 0.1) is 6.10 Å². The lowest BCUT2D eigenvalue weighted by molar-refractivity contribution is 0.0587. The Morgan fingerprint density at radius 2 is 1.93 bits per heavy atom. The van der Waals surface area contributed by atoms with Crippen molar-refractivity contribution in [3.8, 4) is 0 Å². The van der Waals surface area contributed by atoms with Crippen LogP contribution in [0.5, 0.6) is 0 Å². The molecule has 0 saturated heterocycles. The molecule has 0 amide bonds. The second-order valence-electron chi connectivity index (χ2n) is 4.65. The topological polar surface area (TPSA) is 21.3 Å². The zero-order valence-corrected chi connectivity index (χ0v) is 10.5. The van der Waals surface area contributed by atoms with Crippen molar-refractivity contribution in [2.45, 2.75) is 65.5 Å². The van der Waals surface area contributed by atoms with Crippen molar-refractivity contribution in [3.05, 3.63) is 0 Å². The Kier molecular flexibility index (Phi) is 7.20. The van der Waals surface area contributed by atoms with Crippen molar-refractivity contribution in [2.24, 2.45) is 0 Å². The zero-order chi connectivity index (χ0) is 11.0. The van der Waals surface area contributed by atoms with Crippen molar-refractivity contribution in [2.75, 3.05) is 13.2 Å². The van der Waals surface area contributed by atoms with E-state index in [0.29, 0.717) is 6.10 Å². The molecule has 0 rings (SSSR count). The van der Waals surface area contributed by atoms with Gasteiger partial charge in [0.25, 0.3) is 0 Å². The number of ether oxygens (including phenoxy) is 1. The van der Waals surface area contributed by atoms with E-state index < -0.39 is 0 Å². The summed E-state index contributed by atoms with van der Waals surface area (Å²) in [5.41, 5.74) is 0.238. The molecule has 0 aliphatic carbocycles. The lowest BCUT2D eigenvalue weighted by Crippen LogP contribution is -2.42. The number of hydrogen-bond donors (Lipinski definition) is 1. The van der Waals surface area contributed by atoms with Gasteiger partial charge < -0.3 is 10.1 Å². The smallest absolute Gasteiger partial charge is 0.0671 e. The molecule has 0 aromatic carbocycles. The van der Waals surface area contributed by atoms with E-state index in [1.807, 2.05) is 0 Å². The van der Waals surface area contributed by atoms with Crippen LogP contribution in [0, 0.1) is 0 Å². The van der Waals surface area contributed by atoms with Crippen LogP contribution in [0.3, 0.4) is 0 Å². The van der Waals surface area contributed by atoms with E-state index >= 15 is 0 Å². The lowest BCUT2D eigenvalue weighted by Gasteiger charge is -2.26. The summed E-state index contributed by atoms with van der Waals surface area (Å²) < 4.78 is 5.66. The molecule has 0 aromatic heterocycles. The molecule has 0 heterocycles. The second kappa shape index (κ2) is 7.24. The molecule has 0 radical (unpaired) electrons. The summed E-state index contributed by atoms with van der Waals surface area (Å²) in [6.45, 7) is 12.8. The summed E-state index contributed by atoms with van der Waals surface area (Å²) in [7, 11) is 0. The minimum atomic E-state index is 0.238. The zero-order valence-electron chi connectivity index (χ0n) is 10.5. The molecule has 0 aromatic rings. The van der Waals surface area contributed by atoms with E-state index in [9.17, 15) is 0 Å². The van der Waals surface area contributed by atoms with Gasteiger partial charge in [-0.2, -0.15) is 0 Å². The minimum absolute atomic E-state index is 0.238. The lowest BCUT2D eigenvalue weighted by atomic mass is 10.0. The van der Waals surface area contributed by atoms with Gasteiger partial charge in [-0.15, -0.1) is 0 Å². The SMILES string of the molecule is CCCCOC(C)CNC(C)(C)CC. The first kappa shape index (κ1) is 13.9. The summed E-state index contributed by atoms with van der Waals surface area (Å²) in [6, 6.07) is 0. The summed E-state index contributed by atoms with van der Waals surface area (Å²) in [6.07, 6.45) is 3.85. The fourth-order valence-corrected chi connectivity index (χ4v) is 1.03. The number of nitrogens with one attached hydrogen (secondary N) is 1. The van der Waals surface area contributed by atoms with Gasteiger partial charge in [-0.3, -0.25) is 0 Å². The van der Waals surface area contributed by atoms with Gasteiger partial charge in [0.1, 0.15) is 0 Å². The molecule has 0 saturated carbocycles. The van der Waals surface area contributed by atoms with Crippen LogP contribution in [-0.2, 0) is 4.74 Å². The average molecular weight is 201 g/mol. The van der Waals surface area contributed by atoms with Crippen molar-refractivity contribution >= 4 is 0 Å². The fourth-order valence-electron chi connectivity index (χ4n) is 1.03. The Morgan fingerprint density at radius 3 is 2.43 bits per heavy atom. The molecule has 2 nitrogen and oxygen atoms in total. The van der Waals surface area contributed by atoms with Gasteiger partial charge in [0.2, 0.25) is 0 Å². The molecule has 86 valence electrons. The highest BCUT2D eigenvalue weighted by atomic mass is 16.5. The third kappa shape index (κ3) is 7.34. The van der Waals surface area contributed by atoms with Crippen molar-refractivity contribution in [1.82, 2.24) is 5.32 Å². The Labute approximate surface area is 89.4 Å². The number of hydrogen-bond acceptors (Lipinski definition) is 2. The summed E-state index contributed by atoms with van der Waals surface area (Å²) in [5.74, 6) is 0. The van der Waals surface area contributed by atoms with Gasteiger partial charge in [0, 0.05) is 18.7 Å². The van der Waals surface area contributed by atoms with Gasteiger partial charge in [-0.05, 0) is 33.6 Å². The fraction of sp³-hybridized carbons (Fsp3) is 1.00. The summed E-state index contributed by atoms with van der Waals surface area (Å²) in [4.78, 5) is 0. The van der Waals surface area contributed by atoms with E-state index in [0.717, 1.165) is 19.6 Å². The predicted octanol–water partition coefficient (Wildman–Crippen LogP) is 2.97. The molecule has 1 atom stereocenters. The highest BCUT2D eigenvalue weighted by Gasteiger charge is 2.14. The normalized spacial score (nSPS) is 14.4. The van der Waals surface area contributed by atoms with Crippen LogP contribution < -0.4 is 5.32 Å². The first-order chi connectivity index (χ1) is 6.52. The van der Waals surface area contributed by atoms with Gasteiger partial charge in [0.15, 0.2) is 0 Å². The van der Waals surface area contributed by atoms with Gasteiger partial charge in [-0.1, -0.05) is 20.3 Å². The predicted molar refractivity (Wildman–Crippen MR) is 62.7 cm³/mol. The van der Waals surface area contributed by atoms with Crippen LogP contribution in [0.1, 0.15) is 53.9 Å². The van der Waals surface area contributed by atoms with Crippen LogP contribution in [0.15, 0.2) is 0 Å². The Hall–Kier alpha value is -0.0800. The number of unbranched alkanes of at least 4 members (excludes halogenated alkanes) is 1. The van der Waals surface area contributed by atoms with Crippen molar-refractivity contribution < 1.29 is 4.74 Å². The first-order valence-electron chi connectivity index (χ1n) is 5.88. The van der Waals surface area contributed by atoms with Crippen LogP contribution >= 0.6 is 0 Å². The maximum absolute atomic E-state index is 5.66. The van der Waals surface area contributed by atoms with E-state index in [-0.39, 0.29) is 5.54 Å². The third-order valence-corrected chi connectivity index (χ3v) is 2.65. The van der Waals surface area contributed by atoms with Crippen LogP contribution in [0.4, 0.5) is 0 Å². The second-order valence-corrected chi connectivity index (χ2v) is 4.65. The molecule has 1 unspecified atom stereocenters. The average Bonchev–Trinajstić information content (AvgIpc) is 2.16. The van der Waals surface area contributed by atoms with Crippen LogP contribution in [0.25, 0.3) is 0 Å². The van der Waals surface area contributed by atoms with Crippen LogP contribution in [0.2, 0.25) is 0 Å². The highest BCUT2D eigenvalue weighted by Crippen LogP contribution is 2.07. The maximum atomic E-state index is 5.66. The molecule has 0 fully saturated rings. The third-order valence-electron chi connectivity index (χ3n) is 2.65. The molecular formula is C12H27NO. The van der Waals surface area contributed by atoms with Crippen LogP contribution in [-0.4, -0.2) is 24.8 Å². The largest absolute Gasteiger partial charge is 0.377 e.